The van der Waals surface area contributed by atoms with Gasteiger partial charge in [0.05, 0.1) is 11.1 Å². The van der Waals surface area contributed by atoms with Gasteiger partial charge in [0.2, 0.25) is 5.88 Å². The molecule has 110 valence electrons. The largest absolute Gasteiger partial charge is 0.467 e. The summed E-state index contributed by atoms with van der Waals surface area (Å²) in [5, 5.41) is 0.754. The molecule has 0 aliphatic carbocycles. The summed E-state index contributed by atoms with van der Waals surface area (Å²) >= 11 is 0. The van der Waals surface area contributed by atoms with Crippen LogP contribution in [0, 0.1) is 0 Å². The first kappa shape index (κ1) is 13.1. The Morgan fingerprint density at radius 2 is 1.73 bits per heavy atom. The van der Waals surface area contributed by atoms with Gasteiger partial charge >= 0.3 is 0 Å². The van der Waals surface area contributed by atoms with Gasteiger partial charge in [-0.05, 0) is 24.6 Å². The zero-order valence-corrected chi connectivity index (χ0v) is 12.7. The van der Waals surface area contributed by atoms with E-state index >= 15 is 0 Å². The van der Waals surface area contributed by atoms with Gasteiger partial charge in [-0.25, -0.2) is 0 Å². The highest BCUT2D eigenvalue weighted by Crippen LogP contribution is 2.40. The molecule has 3 heteroatoms. The molecule has 1 aliphatic heterocycles. The summed E-state index contributed by atoms with van der Waals surface area (Å²) in [7, 11) is 1.96. The average Bonchev–Trinajstić information content (AvgIpc) is 2.93. The molecule has 0 N–H and O–H groups in total. The highest BCUT2D eigenvalue weighted by molar-refractivity contribution is 5.81. The topological polar surface area (TPSA) is 31.2 Å². The summed E-state index contributed by atoms with van der Waals surface area (Å²) < 4.78 is 8.25. The van der Waals surface area contributed by atoms with Crippen molar-refractivity contribution in [1.29, 1.82) is 0 Å². The van der Waals surface area contributed by atoms with Crippen molar-refractivity contribution in [3.8, 4) is 5.88 Å². The van der Waals surface area contributed by atoms with E-state index in [4.69, 9.17) is 4.74 Å². The van der Waals surface area contributed by atoms with Crippen LogP contribution in [0.3, 0.4) is 0 Å². The van der Waals surface area contributed by atoms with Gasteiger partial charge < -0.3 is 9.30 Å². The van der Waals surface area contributed by atoms with E-state index in [1.54, 1.807) is 0 Å². The molecular weight excluding hydrogens is 274 g/mol. The van der Waals surface area contributed by atoms with Crippen molar-refractivity contribution < 1.29 is 4.74 Å². The molecule has 0 amide bonds. The fourth-order valence-corrected chi connectivity index (χ4v) is 3.35. The molecule has 0 bridgehead atoms. The average molecular weight is 291 g/mol. The molecule has 0 spiro atoms. The molecule has 1 unspecified atom stereocenters. The minimum absolute atomic E-state index is 0.0864. The maximum Gasteiger partial charge on any atom is 0.201 e. The predicted octanol–water partition coefficient (Wildman–Crippen LogP) is 3.39. The number of hydrogen-bond acceptors (Lipinski definition) is 2. The van der Waals surface area contributed by atoms with Crippen molar-refractivity contribution in [2.45, 2.75) is 18.9 Å². The zero-order chi connectivity index (χ0) is 15.3. The van der Waals surface area contributed by atoms with E-state index in [1.807, 2.05) is 61.0 Å². The standard InChI is InChI=1S/C19H17NO2/c1-19(13-8-4-3-5-9-13)12-15-17(21)14-10-6-7-11-16(14)20(2)18(15)22-19/h3-11H,12H2,1-2H3. The molecule has 3 aromatic rings. The van der Waals surface area contributed by atoms with Crippen LogP contribution in [0.4, 0.5) is 0 Å². The van der Waals surface area contributed by atoms with E-state index in [-0.39, 0.29) is 5.43 Å². The fraction of sp³-hybridized carbons (Fsp3) is 0.211. The van der Waals surface area contributed by atoms with Crippen LogP contribution in [0.15, 0.2) is 59.4 Å². The van der Waals surface area contributed by atoms with Gasteiger partial charge in [-0.15, -0.1) is 0 Å². The first-order valence-electron chi connectivity index (χ1n) is 7.45. The fourth-order valence-electron chi connectivity index (χ4n) is 3.35. The Hall–Kier alpha value is -2.55. The van der Waals surface area contributed by atoms with E-state index in [2.05, 4.69) is 12.1 Å². The molecule has 2 heterocycles. The molecule has 3 nitrogen and oxygen atoms in total. The van der Waals surface area contributed by atoms with Crippen LogP contribution in [-0.4, -0.2) is 4.57 Å². The van der Waals surface area contributed by atoms with Crippen molar-refractivity contribution >= 4 is 10.9 Å². The third-order valence-electron chi connectivity index (χ3n) is 4.57. The molecule has 0 saturated carbocycles. The number of ether oxygens (including phenoxy) is 1. The van der Waals surface area contributed by atoms with Crippen LogP contribution >= 0.6 is 0 Å². The predicted molar refractivity (Wildman–Crippen MR) is 87.3 cm³/mol. The Labute approximate surface area is 128 Å². The second kappa shape index (κ2) is 4.47. The van der Waals surface area contributed by atoms with Crippen LogP contribution in [0.1, 0.15) is 18.1 Å². The van der Waals surface area contributed by atoms with Gasteiger partial charge in [0.15, 0.2) is 5.43 Å². The second-order valence-electron chi connectivity index (χ2n) is 6.06. The Morgan fingerprint density at radius 1 is 1.05 bits per heavy atom. The Morgan fingerprint density at radius 3 is 2.50 bits per heavy atom. The molecule has 1 aliphatic rings. The van der Waals surface area contributed by atoms with E-state index in [0.29, 0.717) is 12.3 Å². The number of nitrogens with zero attached hydrogens (tertiary/aromatic N) is 1. The van der Waals surface area contributed by atoms with E-state index in [9.17, 15) is 4.79 Å². The molecule has 4 rings (SSSR count). The third-order valence-corrected chi connectivity index (χ3v) is 4.57. The molecule has 1 aromatic heterocycles. The number of para-hydroxylation sites is 1. The highest BCUT2D eigenvalue weighted by Gasteiger charge is 2.39. The lowest BCUT2D eigenvalue weighted by Gasteiger charge is -2.24. The minimum atomic E-state index is -0.488. The smallest absolute Gasteiger partial charge is 0.201 e. The quantitative estimate of drug-likeness (QED) is 0.688. The van der Waals surface area contributed by atoms with Crippen LogP contribution in [0.5, 0.6) is 5.88 Å². The Bertz CT molecular complexity index is 927. The summed E-state index contributed by atoms with van der Waals surface area (Å²) in [5.41, 5.74) is 2.37. The van der Waals surface area contributed by atoms with Crippen molar-refractivity contribution in [2.24, 2.45) is 7.05 Å². The number of aromatic nitrogens is 1. The monoisotopic (exact) mass is 291 g/mol. The lowest BCUT2D eigenvalue weighted by molar-refractivity contribution is 0.106. The van der Waals surface area contributed by atoms with Gasteiger partial charge in [-0.1, -0.05) is 42.5 Å². The molecule has 2 aromatic carbocycles. The van der Waals surface area contributed by atoms with Gasteiger partial charge in [-0.2, -0.15) is 0 Å². The summed E-state index contributed by atoms with van der Waals surface area (Å²) in [5.74, 6) is 0.690. The molecule has 0 fully saturated rings. The summed E-state index contributed by atoms with van der Waals surface area (Å²) in [6.45, 7) is 2.05. The highest BCUT2D eigenvalue weighted by atomic mass is 16.5. The van der Waals surface area contributed by atoms with Crippen LogP contribution in [0.2, 0.25) is 0 Å². The summed E-state index contributed by atoms with van der Waals surface area (Å²) in [4.78, 5) is 12.8. The maximum absolute atomic E-state index is 12.8. The van der Waals surface area contributed by atoms with Gasteiger partial charge in [0.25, 0.3) is 0 Å². The molecule has 0 saturated heterocycles. The summed E-state index contributed by atoms with van der Waals surface area (Å²) in [6.07, 6.45) is 0.601. The van der Waals surface area contributed by atoms with Crippen molar-refractivity contribution in [3.05, 3.63) is 75.9 Å². The number of hydrogen-bond donors (Lipinski definition) is 0. The lowest BCUT2D eigenvalue weighted by atomic mass is 9.91. The normalized spacial score (nSPS) is 19.9. The Balaban J connectivity index is 1.95. The lowest BCUT2D eigenvalue weighted by Crippen LogP contribution is -2.27. The number of aryl methyl sites for hydroxylation is 1. The SMILES string of the molecule is Cn1c2c(c(=O)c3ccccc31)CC(C)(c1ccccc1)O2. The molecule has 22 heavy (non-hydrogen) atoms. The van der Waals surface area contributed by atoms with Gasteiger partial charge in [0, 0.05) is 18.9 Å². The van der Waals surface area contributed by atoms with Gasteiger partial charge in [0.1, 0.15) is 5.60 Å². The molecule has 0 radical (unpaired) electrons. The third kappa shape index (κ3) is 1.72. The second-order valence-corrected chi connectivity index (χ2v) is 6.06. The number of fused-ring (bicyclic) bond motifs is 2. The first-order valence-corrected chi connectivity index (χ1v) is 7.45. The first-order chi connectivity index (χ1) is 10.6. The van der Waals surface area contributed by atoms with Crippen molar-refractivity contribution in [3.63, 3.8) is 0 Å². The zero-order valence-electron chi connectivity index (χ0n) is 12.7. The van der Waals surface area contributed by atoms with Crippen molar-refractivity contribution in [2.75, 3.05) is 0 Å². The van der Waals surface area contributed by atoms with Gasteiger partial charge in [-0.3, -0.25) is 4.79 Å². The van der Waals surface area contributed by atoms with E-state index in [1.165, 1.54) is 0 Å². The van der Waals surface area contributed by atoms with Crippen molar-refractivity contribution in [1.82, 2.24) is 4.57 Å². The maximum atomic E-state index is 12.8. The van der Waals surface area contributed by atoms with E-state index < -0.39 is 5.60 Å². The summed E-state index contributed by atoms with van der Waals surface area (Å²) in [6, 6.07) is 17.8. The molecule has 1 atom stereocenters. The molecular formula is C19H17NO2. The van der Waals surface area contributed by atoms with E-state index in [0.717, 1.165) is 22.0 Å². The van der Waals surface area contributed by atoms with Crippen LogP contribution in [0.25, 0.3) is 10.9 Å². The van der Waals surface area contributed by atoms with Crippen LogP contribution < -0.4 is 10.2 Å². The number of benzene rings is 2. The van der Waals surface area contributed by atoms with Crippen LogP contribution in [-0.2, 0) is 19.1 Å². The minimum Gasteiger partial charge on any atom is -0.467 e. The number of rotatable bonds is 1. The Kier molecular flexibility index (Phi) is 2.67. The number of pyridine rings is 1.